The van der Waals surface area contributed by atoms with E-state index in [0.717, 1.165) is 46.1 Å². The Morgan fingerprint density at radius 1 is 1.28 bits per heavy atom. The molecule has 0 aromatic carbocycles. The Bertz CT molecular complexity index is 1230. The third kappa shape index (κ3) is 3.14. The summed E-state index contributed by atoms with van der Waals surface area (Å²) in [5, 5.41) is 1.08. The maximum Gasteiger partial charge on any atom is 0.327 e. The molecule has 29 heavy (non-hydrogen) atoms. The van der Waals surface area contributed by atoms with Crippen LogP contribution in [0.5, 0.6) is 0 Å². The topological polar surface area (TPSA) is 97.8 Å². The van der Waals surface area contributed by atoms with Crippen molar-refractivity contribution in [1.82, 2.24) is 24.5 Å². The monoisotopic (exact) mass is 393 g/mol. The second-order valence-electron chi connectivity index (χ2n) is 7.56. The van der Waals surface area contributed by atoms with E-state index in [1.807, 2.05) is 24.5 Å². The lowest BCUT2D eigenvalue weighted by atomic mass is 10.0. The van der Waals surface area contributed by atoms with Crippen molar-refractivity contribution in [3.8, 4) is 11.1 Å². The van der Waals surface area contributed by atoms with Gasteiger partial charge in [0.05, 0.1) is 30.9 Å². The SMILES string of the molecule is CO[C@H]1CC[C@@H](Cn2c(=O)[nH]c3ncc(-c4cnc5[nH]ccc5c4C)cc32)OC1. The predicted octanol–water partition coefficient (Wildman–Crippen LogP) is 2.77. The molecule has 5 heterocycles. The van der Waals surface area contributed by atoms with Crippen molar-refractivity contribution in [3.63, 3.8) is 0 Å². The van der Waals surface area contributed by atoms with E-state index in [-0.39, 0.29) is 17.9 Å². The van der Waals surface area contributed by atoms with Crippen molar-refractivity contribution in [2.24, 2.45) is 0 Å². The number of aromatic amines is 2. The summed E-state index contributed by atoms with van der Waals surface area (Å²) in [4.78, 5) is 27.5. The second kappa shape index (κ2) is 7.13. The van der Waals surface area contributed by atoms with E-state index in [2.05, 4.69) is 26.9 Å². The van der Waals surface area contributed by atoms with Crippen molar-refractivity contribution in [2.45, 2.75) is 38.5 Å². The van der Waals surface area contributed by atoms with Gasteiger partial charge in [0, 0.05) is 42.2 Å². The predicted molar refractivity (Wildman–Crippen MR) is 110 cm³/mol. The molecule has 0 bridgehead atoms. The van der Waals surface area contributed by atoms with Crippen LogP contribution in [0.4, 0.5) is 0 Å². The van der Waals surface area contributed by atoms with Crippen molar-refractivity contribution in [1.29, 1.82) is 0 Å². The molecular formula is C21H23N5O3. The van der Waals surface area contributed by atoms with Crippen LogP contribution in [0.1, 0.15) is 18.4 Å². The Hall–Kier alpha value is -2.97. The quantitative estimate of drug-likeness (QED) is 0.556. The van der Waals surface area contributed by atoms with Crippen molar-refractivity contribution in [3.05, 3.63) is 46.8 Å². The van der Waals surface area contributed by atoms with Gasteiger partial charge in [0.2, 0.25) is 0 Å². The molecule has 0 unspecified atom stereocenters. The maximum absolute atomic E-state index is 12.6. The summed E-state index contributed by atoms with van der Waals surface area (Å²) in [6, 6.07) is 4.02. The highest BCUT2D eigenvalue weighted by molar-refractivity contribution is 5.88. The number of nitrogens with one attached hydrogen (secondary N) is 2. The number of pyridine rings is 2. The molecular weight excluding hydrogens is 370 g/mol. The van der Waals surface area contributed by atoms with Gasteiger partial charge in [-0.05, 0) is 37.5 Å². The standard InChI is InChI=1S/C21H23N5O3/c1-12-16-5-6-22-19(16)24-9-17(12)13-7-18-20(23-8-13)25-21(27)26(18)10-14-3-4-15(28-2)11-29-14/h5-9,14-15H,3-4,10-11H2,1-2H3,(H,22,24)(H,23,25,27)/t14-,15-/m0/s1. The van der Waals surface area contributed by atoms with Crippen LogP contribution in [0, 0.1) is 6.92 Å². The van der Waals surface area contributed by atoms with Gasteiger partial charge in [-0.25, -0.2) is 14.8 Å². The van der Waals surface area contributed by atoms with Gasteiger partial charge in [-0.15, -0.1) is 0 Å². The number of ether oxygens (including phenoxy) is 2. The number of aryl methyl sites for hydroxylation is 1. The van der Waals surface area contributed by atoms with Crippen LogP contribution in [0.15, 0.2) is 35.5 Å². The molecule has 1 fully saturated rings. The van der Waals surface area contributed by atoms with Gasteiger partial charge >= 0.3 is 5.69 Å². The lowest BCUT2D eigenvalue weighted by molar-refractivity contribution is -0.0757. The van der Waals surface area contributed by atoms with Gasteiger partial charge in [-0.3, -0.25) is 9.55 Å². The molecule has 4 aromatic heterocycles. The van der Waals surface area contributed by atoms with Crippen LogP contribution in [-0.2, 0) is 16.0 Å². The van der Waals surface area contributed by atoms with Crippen LogP contribution < -0.4 is 5.69 Å². The van der Waals surface area contributed by atoms with Gasteiger partial charge in [-0.2, -0.15) is 0 Å². The van der Waals surface area contributed by atoms with Crippen molar-refractivity contribution >= 4 is 22.2 Å². The molecule has 1 saturated heterocycles. The highest BCUT2D eigenvalue weighted by Crippen LogP contribution is 2.29. The van der Waals surface area contributed by atoms with E-state index in [1.165, 1.54) is 0 Å². The largest absolute Gasteiger partial charge is 0.379 e. The highest BCUT2D eigenvalue weighted by Gasteiger charge is 2.23. The summed E-state index contributed by atoms with van der Waals surface area (Å²) in [6.45, 7) is 3.13. The first kappa shape index (κ1) is 18.1. The fourth-order valence-electron chi connectivity index (χ4n) is 4.11. The summed E-state index contributed by atoms with van der Waals surface area (Å²) in [6.07, 6.45) is 7.44. The average Bonchev–Trinajstić information content (AvgIpc) is 3.34. The minimum atomic E-state index is -0.168. The van der Waals surface area contributed by atoms with Crippen molar-refractivity contribution < 1.29 is 9.47 Å². The second-order valence-corrected chi connectivity index (χ2v) is 7.56. The summed E-state index contributed by atoms with van der Waals surface area (Å²) in [5.74, 6) is 0. The van der Waals surface area contributed by atoms with Crippen LogP contribution in [-0.4, -0.2) is 50.4 Å². The molecule has 0 radical (unpaired) electrons. The molecule has 5 rings (SSSR count). The number of rotatable bonds is 4. The zero-order valence-corrected chi connectivity index (χ0v) is 16.4. The minimum Gasteiger partial charge on any atom is -0.379 e. The number of fused-ring (bicyclic) bond motifs is 2. The molecule has 0 amide bonds. The lowest BCUT2D eigenvalue weighted by Crippen LogP contribution is -2.35. The van der Waals surface area contributed by atoms with Gasteiger partial charge in [0.15, 0.2) is 5.65 Å². The number of hydrogen-bond donors (Lipinski definition) is 2. The lowest BCUT2D eigenvalue weighted by Gasteiger charge is -2.28. The number of H-pyrrole nitrogens is 2. The molecule has 0 aliphatic carbocycles. The van der Waals surface area contributed by atoms with Crippen LogP contribution >= 0.6 is 0 Å². The summed E-state index contributed by atoms with van der Waals surface area (Å²) in [5.41, 5.74) is 5.12. The van der Waals surface area contributed by atoms with E-state index in [4.69, 9.17) is 9.47 Å². The van der Waals surface area contributed by atoms with Gasteiger partial charge < -0.3 is 14.5 Å². The third-order valence-corrected chi connectivity index (χ3v) is 5.84. The van der Waals surface area contributed by atoms with Crippen LogP contribution in [0.25, 0.3) is 33.3 Å². The highest BCUT2D eigenvalue weighted by atomic mass is 16.5. The molecule has 8 nitrogen and oxygen atoms in total. The van der Waals surface area contributed by atoms with Gasteiger partial charge in [-0.1, -0.05) is 0 Å². The molecule has 0 saturated carbocycles. The zero-order chi connectivity index (χ0) is 20.0. The first-order chi connectivity index (χ1) is 14.1. The first-order valence-corrected chi connectivity index (χ1v) is 9.80. The van der Waals surface area contributed by atoms with Crippen LogP contribution in [0.3, 0.4) is 0 Å². The fraction of sp³-hybridized carbons (Fsp3) is 0.381. The first-order valence-electron chi connectivity index (χ1n) is 9.80. The smallest absolute Gasteiger partial charge is 0.327 e. The minimum absolute atomic E-state index is 0.0126. The Morgan fingerprint density at radius 2 is 2.14 bits per heavy atom. The molecule has 0 spiro atoms. The summed E-state index contributed by atoms with van der Waals surface area (Å²) in [7, 11) is 1.70. The molecule has 8 heteroatoms. The Balaban J connectivity index is 1.52. The van der Waals surface area contributed by atoms with E-state index in [1.54, 1.807) is 17.9 Å². The molecule has 150 valence electrons. The van der Waals surface area contributed by atoms with E-state index in [9.17, 15) is 4.79 Å². The molecule has 2 N–H and O–H groups in total. The number of nitrogens with zero attached hydrogens (tertiary/aromatic N) is 3. The maximum atomic E-state index is 12.6. The molecule has 4 aromatic rings. The number of aromatic nitrogens is 5. The average molecular weight is 393 g/mol. The Morgan fingerprint density at radius 3 is 2.93 bits per heavy atom. The van der Waals surface area contributed by atoms with E-state index < -0.39 is 0 Å². The Labute approximate surface area is 166 Å². The fourth-order valence-corrected chi connectivity index (χ4v) is 4.11. The van der Waals surface area contributed by atoms with E-state index >= 15 is 0 Å². The normalized spacial score (nSPS) is 19.9. The van der Waals surface area contributed by atoms with E-state index in [0.29, 0.717) is 18.8 Å². The molecule has 2 atom stereocenters. The summed E-state index contributed by atoms with van der Waals surface area (Å²) < 4.78 is 13.0. The summed E-state index contributed by atoms with van der Waals surface area (Å²) >= 11 is 0. The Kier molecular flexibility index (Phi) is 4.44. The van der Waals surface area contributed by atoms with Crippen molar-refractivity contribution in [2.75, 3.05) is 13.7 Å². The number of hydrogen-bond acceptors (Lipinski definition) is 5. The van der Waals surface area contributed by atoms with Gasteiger partial charge in [0.25, 0.3) is 0 Å². The number of imidazole rings is 1. The van der Waals surface area contributed by atoms with Crippen LogP contribution in [0.2, 0.25) is 0 Å². The van der Waals surface area contributed by atoms with Gasteiger partial charge in [0.1, 0.15) is 5.65 Å². The zero-order valence-electron chi connectivity index (χ0n) is 16.4. The molecule has 1 aliphatic rings. The number of methoxy groups -OCH3 is 1. The third-order valence-electron chi connectivity index (χ3n) is 5.84. The molecule has 1 aliphatic heterocycles.